The molecule has 0 amide bonds. The second kappa shape index (κ2) is 10.5. The maximum absolute atomic E-state index is 15.3. The SMILES string of the molecule is CC(C)CS(=O)(=O)Cc1ccc(F)c(-n2cc(-c3cccc(N4CCN(CC5CC5)CC4)c3)nn2)c1F. The summed E-state index contributed by atoms with van der Waals surface area (Å²) >= 11 is 0. The molecule has 0 spiro atoms. The lowest BCUT2D eigenvalue weighted by atomic mass is 10.1. The molecule has 37 heavy (non-hydrogen) atoms. The highest BCUT2D eigenvalue weighted by Crippen LogP contribution is 2.31. The minimum atomic E-state index is -3.54. The van der Waals surface area contributed by atoms with Crippen molar-refractivity contribution in [3.8, 4) is 16.9 Å². The van der Waals surface area contributed by atoms with Gasteiger partial charge in [-0.2, -0.15) is 0 Å². The Bertz CT molecular complexity index is 1360. The molecule has 2 fully saturated rings. The Hall–Kier alpha value is -2.85. The summed E-state index contributed by atoms with van der Waals surface area (Å²) in [6.07, 6.45) is 4.19. The fraction of sp³-hybridized carbons (Fsp3) is 0.481. The number of nitrogens with zero attached hydrogens (tertiary/aromatic N) is 5. The minimum absolute atomic E-state index is 0.0709. The maximum atomic E-state index is 15.3. The molecule has 1 aromatic heterocycles. The lowest BCUT2D eigenvalue weighted by Crippen LogP contribution is -2.47. The van der Waals surface area contributed by atoms with Crippen molar-refractivity contribution in [1.82, 2.24) is 19.9 Å². The molecule has 0 N–H and O–H groups in total. The van der Waals surface area contributed by atoms with E-state index in [1.807, 2.05) is 18.2 Å². The molecule has 1 saturated carbocycles. The molecule has 10 heteroatoms. The second-order valence-electron chi connectivity index (χ2n) is 10.6. The Morgan fingerprint density at radius 2 is 1.81 bits per heavy atom. The predicted molar refractivity (Wildman–Crippen MR) is 140 cm³/mol. The summed E-state index contributed by atoms with van der Waals surface area (Å²) in [4.78, 5) is 4.88. The van der Waals surface area contributed by atoms with Crippen LogP contribution in [0.25, 0.3) is 16.9 Å². The second-order valence-corrected chi connectivity index (χ2v) is 12.8. The molecule has 1 aliphatic carbocycles. The third-order valence-electron chi connectivity index (χ3n) is 6.92. The predicted octanol–water partition coefficient (Wildman–Crippen LogP) is 4.32. The normalized spacial score (nSPS) is 17.1. The number of sulfone groups is 1. The Labute approximate surface area is 217 Å². The summed E-state index contributed by atoms with van der Waals surface area (Å²) in [5.41, 5.74) is 1.83. The molecule has 0 atom stereocenters. The number of hydrogen-bond acceptors (Lipinski definition) is 6. The lowest BCUT2D eigenvalue weighted by Gasteiger charge is -2.36. The summed E-state index contributed by atoms with van der Waals surface area (Å²) in [6.45, 7) is 8.75. The van der Waals surface area contributed by atoms with Crippen LogP contribution < -0.4 is 4.90 Å². The van der Waals surface area contributed by atoms with E-state index in [4.69, 9.17) is 0 Å². The third kappa shape index (κ3) is 6.18. The van der Waals surface area contributed by atoms with Gasteiger partial charge in [0.1, 0.15) is 11.4 Å². The fourth-order valence-electron chi connectivity index (χ4n) is 4.93. The molecule has 5 rings (SSSR count). The molecule has 0 radical (unpaired) electrons. The van der Waals surface area contributed by atoms with Crippen LogP contribution in [0, 0.1) is 23.5 Å². The van der Waals surface area contributed by atoms with Gasteiger partial charge in [0.2, 0.25) is 0 Å². The first-order valence-electron chi connectivity index (χ1n) is 12.9. The highest BCUT2D eigenvalue weighted by atomic mass is 32.2. The van der Waals surface area contributed by atoms with Crippen molar-refractivity contribution >= 4 is 15.5 Å². The molecule has 0 unspecified atom stereocenters. The molecule has 7 nitrogen and oxygen atoms in total. The number of anilines is 1. The van der Waals surface area contributed by atoms with Gasteiger partial charge in [-0.1, -0.05) is 37.3 Å². The van der Waals surface area contributed by atoms with Crippen LogP contribution in [0.4, 0.5) is 14.5 Å². The van der Waals surface area contributed by atoms with Crippen LogP contribution in [0.15, 0.2) is 42.6 Å². The van der Waals surface area contributed by atoms with E-state index >= 15 is 4.39 Å². The number of benzene rings is 2. The molecule has 0 bridgehead atoms. The van der Waals surface area contributed by atoms with Crippen LogP contribution in [0.3, 0.4) is 0 Å². The number of halogens is 2. The highest BCUT2D eigenvalue weighted by molar-refractivity contribution is 7.90. The van der Waals surface area contributed by atoms with Crippen LogP contribution >= 0.6 is 0 Å². The van der Waals surface area contributed by atoms with Gasteiger partial charge in [0.05, 0.1) is 17.7 Å². The Morgan fingerprint density at radius 3 is 2.51 bits per heavy atom. The first-order chi connectivity index (χ1) is 17.7. The lowest BCUT2D eigenvalue weighted by molar-refractivity contribution is 0.248. The topological polar surface area (TPSA) is 71.3 Å². The fourth-order valence-corrected chi connectivity index (χ4v) is 6.76. The van der Waals surface area contributed by atoms with Gasteiger partial charge < -0.3 is 4.90 Å². The highest BCUT2D eigenvalue weighted by Gasteiger charge is 2.27. The Kier molecular flexibility index (Phi) is 7.31. The molecule has 1 aliphatic heterocycles. The monoisotopic (exact) mass is 529 g/mol. The zero-order valence-electron chi connectivity index (χ0n) is 21.3. The standard InChI is InChI=1S/C27H33F2N5O2S/c1-19(2)17-37(35,36)18-22-8-9-24(28)27(26(22)29)34-16-25(30-31-34)21-4-3-5-23(14-21)33-12-10-32(11-13-33)15-20-6-7-20/h3-5,8-9,14,16,19-20H,6-7,10-13,15,17-18H2,1-2H3. The summed E-state index contributed by atoms with van der Waals surface area (Å²) in [5.74, 6) is -1.55. The van der Waals surface area contributed by atoms with E-state index in [0.717, 1.165) is 54.1 Å². The van der Waals surface area contributed by atoms with E-state index in [1.165, 1.54) is 31.6 Å². The van der Waals surface area contributed by atoms with E-state index < -0.39 is 32.9 Å². The quantitative estimate of drug-likeness (QED) is 0.411. The Balaban J connectivity index is 1.34. The molecule has 2 aromatic carbocycles. The number of piperazine rings is 1. The van der Waals surface area contributed by atoms with Crippen molar-refractivity contribution in [3.63, 3.8) is 0 Å². The maximum Gasteiger partial charge on any atom is 0.156 e. The average molecular weight is 530 g/mol. The van der Waals surface area contributed by atoms with Gasteiger partial charge >= 0.3 is 0 Å². The van der Waals surface area contributed by atoms with Gasteiger partial charge in [-0.25, -0.2) is 21.9 Å². The zero-order valence-corrected chi connectivity index (χ0v) is 22.1. The van der Waals surface area contributed by atoms with Gasteiger partial charge in [-0.3, -0.25) is 4.90 Å². The molecular formula is C27H33F2N5O2S. The summed E-state index contributed by atoms with van der Waals surface area (Å²) < 4.78 is 55.9. The zero-order chi connectivity index (χ0) is 26.2. The van der Waals surface area contributed by atoms with Gasteiger partial charge in [0.15, 0.2) is 21.5 Å². The van der Waals surface area contributed by atoms with E-state index in [1.54, 1.807) is 13.8 Å². The third-order valence-corrected chi connectivity index (χ3v) is 8.85. The van der Waals surface area contributed by atoms with Gasteiger partial charge in [0, 0.05) is 49.5 Å². The first-order valence-corrected chi connectivity index (χ1v) is 14.7. The molecular weight excluding hydrogens is 496 g/mol. The number of aromatic nitrogens is 3. The molecule has 1 saturated heterocycles. The summed E-state index contributed by atoms with van der Waals surface area (Å²) in [6, 6.07) is 10.2. The molecule has 3 aromatic rings. The van der Waals surface area contributed by atoms with E-state index in [0.29, 0.717) is 5.69 Å². The number of rotatable bonds is 9. The largest absolute Gasteiger partial charge is 0.369 e. The minimum Gasteiger partial charge on any atom is -0.369 e. The van der Waals surface area contributed by atoms with Crippen LogP contribution in [-0.4, -0.2) is 66.8 Å². The average Bonchev–Trinajstić information content (AvgIpc) is 3.53. The van der Waals surface area contributed by atoms with Crippen LogP contribution in [-0.2, 0) is 15.6 Å². The molecule has 2 aliphatic rings. The van der Waals surface area contributed by atoms with Crippen LogP contribution in [0.2, 0.25) is 0 Å². The van der Waals surface area contributed by atoms with Crippen LogP contribution in [0.5, 0.6) is 0 Å². The van der Waals surface area contributed by atoms with Gasteiger partial charge in [0.25, 0.3) is 0 Å². The smallest absolute Gasteiger partial charge is 0.156 e. The molecule has 2 heterocycles. The molecule has 198 valence electrons. The van der Waals surface area contributed by atoms with Crippen molar-refractivity contribution in [3.05, 3.63) is 59.8 Å². The Morgan fingerprint density at radius 1 is 1.05 bits per heavy atom. The number of hydrogen-bond donors (Lipinski definition) is 0. The van der Waals surface area contributed by atoms with E-state index in [9.17, 15) is 12.8 Å². The van der Waals surface area contributed by atoms with E-state index in [-0.39, 0.29) is 17.2 Å². The summed E-state index contributed by atoms with van der Waals surface area (Å²) in [7, 11) is -3.54. The van der Waals surface area contributed by atoms with Crippen molar-refractivity contribution in [2.75, 3.05) is 43.4 Å². The van der Waals surface area contributed by atoms with Gasteiger partial charge in [-0.15, -0.1) is 5.10 Å². The van der Waals surface area contributed by atoms with Gasteiger partial charge in [-0.05, 0) is 42.9 Å². The van der Waals surface area contributed by atoms with E-state index in [2.05, 4.69) is 26.2 Å². The van der Waals surface area contributed by atoms with Crippen molar-refractivity contribution in [2.45, 2.75) is 32.4 Å². The van der Waals surface area contributed by atoms with Crippen molar-refractivity contribution < 1.29 is 17.2 Å². The van der Waals surface area contributed by atoms with Crippen molar-refractivity contribution in [2.24, 2.45) is 11.8 Å². The first kappa shape index (κ1) is 25.8. The van der Waals surface area contributed by atoms with Crippen molar-refractivity contribution in [1.29, 1.82) is 0 Å². The van der Waals surface area contributed by atoms with Crippen LogP contribution in [0.1, 0.15) is 32.3 Å². The summed E-state index contributed by atoms with van der Waals surface area (Å²) in [5, 5.41) is 8.13.